The van der Waals surface area contributed by atoms with Crippen LogP contribution in [0.4, 0.5) is 10.1 Å². The van der Waals surface area contributed by atoms with Gasteiger partial charge in [0.2, 0.25) is 0 Å². The van der Waals surface area contributed by atoms with Gasteiger partial charge in [-0.15, -0.1) is 0 Å². The van der Waals surface area contributed by atoms with Crippen molar-refractivity contribution in [2.24, 2.45) is 0 Å². The predicted molar refractivity (Wildman–Crippen MR) is 59.0 cm³/mol. The lowest BCUT2D eigenvalue weighted by atomic mass is 10.2. The van der Waals surface area contributed by atoms with Gasteiger partial charge in [-0.25, -0.2) is 4.39 Å². The smallest absolute Gasteiger partial charge is 0.165 e. The van der Waals surface area contributed by atoms with Crippen LogP contribution in [0.3, 0.4) is 0 Å². The summed E-state index contributed by atoms with van der Waals surface area (Å²) in [4.78, 5) is 0. The highest BCUT2D eigenvalue weighted by Gasteiger charge is 2.03. The first-order valence-corrected chi connectivity index (χ1v) is 4.88. The molecule has 0 fully saturated rings. The van der Waals surface area contributed by atoms with Gasteiger partial charge in [-0.2, -0.15) is 0 Å². The maximum atomic E-state index is 13.1. The van der Waals surface area contributed by atoms with Crippen LogP contribution in [0.25, 0.3) is 0 Å². The van der Waals surface area contributed by atoms with Gasteiger partial charge in [0.25, 0.3) is 0 Å². The lowest BCUT2D eigenvalue weighted by molar-refractivity contribution is 0.387. The van der Waals surface area contributed by atoms with Gasteiger partial charge in [0.1, 0.15) is 0 Å². The molecule has 4 heteroatoms. The topological polar surface area (TPSA) is 34.4 Å². The molecule has 1 N–H and O–H groups in total. The van der Waals surface area contributed by atoms with Crippen LogP contribution in [0.5, 0.6) is 5.75 Å². The molecule has 0 bridgehead atoms. The van der Waals surface area contributed by atoms with E-state index in [1.54, 1.807) is 24.7 Å². The van der Waals surface area contributed by atoms with Crippen molar-refractivity contribution in [1.82, 2.24) is 0 Å². The minimum atomic E-state index is -0.364. The second-order valence-electron chi connectivity index (χ2n) is 3.33. The van der Waals surface area contributed by atoms with Gasteiger partial charge in [-0.3, -0.25) is 0 Å². The maximum Gasteiger partial charge on any atom is 0.165 e. The Bertz CT molecular complexity index is 454. The monoisotopic (exact) mass is 221 g/mol. The Morgan fingerprint density at radius 1 is 1.38 bits per heavy atom. The number of furan rings is 1. The minimum Gasteiger partial charge on any atom is -0.494 e. The molecule has 0 aliphatic carbocycles. The van der Waals surface area contributed by atoms with Crippen molar-refractivity contribution in [3.8, 4) is 5.75 Å². The zero-order chi connectivity index (χ0) is 11.4. The third-order valence-electron chi connectivity index (χ3n) is 2.23. The number of nitrogens with one attached hydrogen (secondary N) is 1. The van der Waals surface area contributed by atoms with Crippen LogP contribution < -0.4 is 10.1 Å². The van der Waals surface area contributed by atoms with Crippen molar-refractivity contribution in [1.29, 1.82) is 0 Å². The molecule has 2 rings (SSSR count). The summed E-state index contributed by atoms with van der Waals surface area (Å²) in [6, 6.07) is 6.53. The summed E-state index contributed by atoms with van der Waals surface area (Å²) in [7, 11) is 1.44. The van der Waals surface area contributed by atoms with Crippen LogP contribution in [0, 0.1) is 5.82 Å². The molecule has 84 valence electrons. The molecule has 0 unspecified atom stereocenters. The van der Waals surface area contributed by atoms with Crippen LogP contribution >= 0.6 is 0 Å². The van der Waals surface area contributed by atoms with Crippen molar-refractivity contribution in [2.45, 2.75) is 6.54 Å². The van der Waals surface area contributed by atoms with E-state index >= 15 is 0 Å². The number of halogens is 1. The van der Waals surface area contributed by atoms with Gasteiger partial charge in [-0.05, 0) is 18.2 Å². The predicted octanol–water partition coefficient (Wildman–Crippen LogP) is 3.04. The Morgan fingerprint density at radius 3 is 2.94 bits per heavy atom. The van der Waals surface area contributed by atoms with E-state index in [9.17, 15) is 4.39 Å². The molecule has 0 amide bonds. The Kier molecular flexibility index (Phi) is 3.10. The standard InChI is InChI=1S/C12H12FNO2/c1-15-12-6-10(2-3-11(12)13)14-7-9-4-5-16-8-9/h2-6,8,14H,7H2,1H3. The van der Waals surface area contributed by atoms with Crippen molar-refractivity contribution >= 4 is 5.69 Å². The van der Waals surface area contributed by atoms with E-state index in [-0.39, 0.29) is 11.6 Å². The first kappa shape index (κ1) is 10.5. The number of rotatable bonds is 4. The molecule has 0 saturated heterocycles. The van der Waals surface area contributed by atoms with Crippen LogP contribution in [0.2, 0.25) is 0 Å². The molecule has 2 aromatic rings. The number of hydrogen-bond acceptors (Lipinski definition) is 3. The van der Waals surface area contributed by atoms with E-state index in [0.717, 1.165) is 11.3 Å². The second-order valence-corrected chi connectivity index (χ2v) is 3.33. The average Bonchev–Trinajstić information content (AvgIpc) is 2.81. The first-order valence-electron chi connectivity index (χ1n) is 4.88. The van der Waals surface area contributed by atoms with E-state index in [1.165, 1.54) is 13.2 Å². The fourth-order valence-corrected chi connectivity index (χ4v) is 1.37. The first-order chi connectivity index (χ1) is 7.79. The van der Waals surface area contributed by atoms with Crippen molar-refractivity contribution in [3.05, 3.63) is 48.2 Å². The molecule has 0 aliphatic heterocycles. The van der Waals surface area contributed by atoms with Crippen LogP contribution in [0.15, 0.2) is 41.2 Å². The van der Waals surface area contributed by atoms with Gasteiger partial charge in [0, 0.05) is 23.9 Å². The maximum absolute atomic E-state index is 13.1. The van der Waals surface area contributed by atoms with Gasteiger partial charge >= 0.3 is 0 Å². The van der Waals surface area contributed by atoms with E-state index < -0.39 is 0 Å². The third kappa shape index (κ3) is 2.34. The summed E-state index contributed by atoms with van der Waals surface area (Å²) >= 11 is 0. The largest absolute Gasteiger partial charge is 0.494 e. The fourth-order valence-electron chi connectivity index (χ4n) is 1.37. The Hall–Kier alpha value is -1.97. The summed E-state index contributed by atoms with van der Waals surface area (Å²) < 4.78 is 22.9. The summed E-state index contributed by atoms with van der Waals surface area (Å²) in [6.45, 7) is 0.630. The van der Waals surface area contributed by atoms with Gasteiger partial charge in [0.05, 0.1) is 19.6 Å². The minimum absolute atomic E-state index is 0.234. The van der Waals surface area contributed by atoms with Crippen molar-refractivity contribution < 1.29 is 13.5 Å². The van der Waals surface area contributed by atoms with Gasteiger partial charge < -0.3 is 14.5 Å². The number of methoxy groups -OCH3 is 1. The van der Waals surface area contributed by atoms with E-state index in [0.29, 0.717) is 6.54 Å². The van der Waals surface area contributed by atoms with Crippen LogP contribution in [-0.2, 0) is 6.54 Å². The van der Waals surface area contributed by atoms with Crippen LogP contribution in [0.1, 0.15) is 5.56 Å². The Balaban J connectivity index is 2.04. The quantitative estimate of drug-likeness (QED) is 0.861. The fraction of sp³-hybridized carbons (Fsp3) is 0.167. The molecule has 3 nitrogen and oxygen atoms in total. The van der Waals surface area contributed by atoms with Crippen molar-refractivity contribution in [2.75, 3.05) is 12.4 Å². The molecular formula is C12H12FNO2. The summed E-state index contributed by atoms with van der Waals surface area (Å²) in [5.74, 6) is -0.131. The number of benzene rings is 1. The highest BCUT2D eigenvalue weighted by molar-refractivity contribution is 5.49. The van der Waals surface area contributed by atoms with E-state index in [1.807, 2.05) is 6.07 Å². The van der Waals surface area contributed by atoms with E-state index in [2.05, 4.69) is 5.32 Å². The molecule has 0 radical (unpaired) electrons. The Labute approximate surface area is 92.8 Å². The van der Waals surface area contributed by atoms with Crippen molar-refractivity contribution in [3.63, 3.8) is 0 Å². The highest BCUT2D eigenvalue weighted by atomic mass is 19.1. The average molecular weight is 221 g/mol. The lowest BCUT2D eigenvalue weighted by Gasteiger charge is -2.07. The summed E-state index contributed by atoms with van der Waals surface area (Å²) in [5.41, 5.74) is 1.84. The highest BCUT2D eigenvalue weighted by Crippen LogP contribution is 2.21. The Morgan fingerprint density at radius 2 is 2.25 bits per heavy atom. The normalized spacial score (nSPS) is 10.1. The van der Waals surface area contributed by atoms with Gasteiger partial charge in [0.15, 0.2) is 11.6 Å². The third-order valence-corrected chi connectivity index (χ3v) is 2.23. The molecule has 0 spiro atoms. The van der Waals surface area contributed by atoms with Gasteiger partial charge in [-0.1, -0.05) is 0 Å². The number of hydrogen-bond donors (Lipinski definition) is 1. The number of anilines is 1. The molecular weight excluding hydrogens is 209 g/mol. The zero-order valence-corrected chi connectivity index (χ0v) is 8.87. The summed E-state index contributed by atoms with van der Waals surface area (Å²) in [5, 5.41) is 3.14. The zero-order valence-electron chi connectivity index (χ0n) is 8.87. The molecule has 1 aromatic heterocycles. The molecule has 0 saturated carbocycles. The molecule has 1 aromatic carbocycles. The molecule has 16 heavy (non-hydrogen) atoms. The molecule has 0 aliphatic rings. The lowest BCUT2D eigenvalue weighted by Crippen LogP contribution is -1.99. The SMILES string of the molecule is COc1cc(NCc2ccoc2)ccc1F. The van der Waals surface area contributed by atoms with Crippen LogP contribution in [-0.4, -0.2) is 7.11 Å². The van der Waals surface area contributed by atoms with E-state index in [4.69, 9.17) is 9.15 Å². The summed E-state index contributed by atoms with van der Waals surface area (Å²) in [6.07, 6.45) is 3.27. The molecule has 1 heterocycles. The number of ether oxygens (including phenoxy) is 1. The molecule has 0 atom stereocenters. The second kappa shape index (κ2) is 4.70.